The summed E-state index contributed by atoms with van der Waals surface area (Å²) < 4.78 is 16.1. The Hall–Kier alpha value is -2.99. The Kier molecular flexibility index (Phi) is 6.55. The highest BCUT2D eigenvalue weighted by Gasteiger charge is 2.25. The fourth-order valence-corrected chi connectivity index (χ4v) is 3.51. The number of ether oxygens (including phenoxy) is 3. The molecule has 0 saturated carbocycles. The SMILES string of the molecule is COCCNC(=O)CC(c1cccc(OC)c1OC)c1c[nH]c2ccccc12. The van der Waals surface area contributed by atoms with Crippen LogP contribution in [0, 0.1) is 0 Å². The lowest BCUT2D eigenvalue weighted by atomic mass is 9.87. The van der Waals surface area contributed by atoms with E-state index in [9.17, 15) is 4.79 Å². The summed E-state index contributed by atoms with van der Waals surface area (Å²) in [7, 11) is 4.84. The van der Waals surface area contributed by atoms with E-state index in [1.54, 1.807) is 21.3 Å². The van der Waals surface area contributed by atoms with Gasteiger partial charge in [0.2, 0.25) is 5.91 Å². The van der Waals surface area contributed by atoms with Gasteiger partial charge in [0.1, 0.15) is 0 Å². The van der Waals surface area contributed by atoms with Crippen molar-refractivity contribution in [1.29, 1.82) is 0 Å². The van der Waals surface area contributed by atoms with Gasteiger partial charge in [0, 0.05) is 48.7 Å². The molecule has 1 aromatic heterocycles. The van der Waals surface area contributed by atoms with Gasteiger partial charge in [-0.1, -0.05) is 30.3 Å². The number of carbonyl (C=O) groups excluding carboxylic acids is 1. The maximum absolute atomic E-state index is 12.6. The maximum Gasteiger partial charge on any atom is 0.221 e. The van der Waals surface area contributed by atoms with Crippen LogP contribution in [0.15, 0.2) is 48.7 Å². The number of methoxy groups -OCH3 is 3. The molecule has 1 heterocycles. The number of aromatic amines is 1. The van der Waals surface area contributed by atoms with Crippen LogP contribution in [0.2, 0.25) is 0 Å². The summed E-state index contributed by atoms with van der Waals surface area (Å²) in [5, 5.41) is 4.00. The minimum absolute atomic E-state index is 0.0443. The molecule has 28 heavy (non-hydrogen) atoms. The first-order valence-electron chi connectivity index (χ1n) is 9.22. The molecule has 1 unspecified atom stereocenters. The second kappa shape index (κ2) is 9.28. The first kappa shape index (κ1) is 19.8. The first-order chi connectivity index (χ1) is 13.7. The predicted octanol–water partition coefficient (Wildman–Crippen LogP) is 3.47. The van der Waals surface area contributed by atoms with E-state index in [1.165, 1.54) is 0 Å². The number of hydrogen-bond acceptors (Lipinski definition) is 4. The summed E-state index contributed by atoms with van der Waals surface area (Å²) in [6, 6.07) is 13.8. The lowest BCUT2D eigenvalue weighted by molar-refractivity contribution is -0.121. The molecule has 0 radical (unpaired) electrons. The van der Waals surface area contributed by atoms with Gasteiger partial charge in [-0.2, -0.15) is 0 Å². The number of para-hydroxylation sites is 2. The van der Waals surface area contributed by atoms with E-state index in [0.29, 0.717) is 24.7 Å². The van der Waals surface area contributed by atoms with Gasteiger partial charge < -0.3 is 24.5 Å². The molecule has 0 aliphatic rings. The van der Waals surface area contributed by atoms with E-state index in [4.69, 9.17) is 14.2 Å². The molecule has 0 spiro atoms. The Morgan fingerprint density at radius 2 is 1.86 bits per heavy atom. The third-order valence-electron chi connectivity index (χ3n) is 4.82. The number of hydrogen-bond donors (Lipinski definition) is 2. The monoisotopic (exact) mass is 382 g/mol. The van der Waals surface area contributed by atoms with Crippen molar-refractivity contribution >= 4 is 16.8 Å². The van der Waals surface area contributed by atoms with Gasteiger partial charge in [-0.05, 0) is 17.7 Å². The van der Waals surface area contributed by atoms with Crippen molar-refractivity contribution in [3.63, 3.8) is 0 Å². The molecule has 1 amide bonds. The fraction of sp³-hybridized carbons (Fsp3) is 0.318. The fourth-order valence-electron chi connectivity index (χ4n) is 3.51. The molecule has 0 bridgehead atoms. The zero-order valence-corrected chi connectivity index (χ0v) is 16.5. The predicted molar refractivity (Wildman–Crippen MR) is 109 cm³/mol. The second-order valence-electron chi connectivity index (χ2n) is 6.47. The van der Waals surface area contributed by atoms with Crippen molar-refractivity contribution in [2.24, 2.45) is 0 Å². The molecule has 3 aromatic rings. The number of amides is 1. The lowest BCUT2D eigenvalue weighted by Crippen LogP contribution is -2.28. The molecule has 2 aromatic carbocycles. The average molecular weight is 382 g/mol. The van der Waals surface area contributed by atoms with Gasteiger partial charge in [0.05, 0.1) is 20.8 Å². The maximum atomic E-state index is 12.6. The van der Waals surface area contributed by atoms with Crippen molar-refractivity contribution < 1.29 is 19.0 Å². The lowest BCUT2D eigenvalue weighted by Gasteiger charge is -2.21. The molecule has 6 nitrogen and oxygen atoms in total. The zero-order chi connectivity index (χ0) is 19.9. The van der Waals surface area contributed by atoms with Gasteiger partial charge in [-0.3, -0.25) is 4.79 Å². The molecule has 6 heteroatoms. The third-order valence-corrected chi connectivity index (χ3v) is 4.82. The largest absolute Gasteiger partial charge is 0.493 e. The molecule has 3 rings (SSSR count). The van der Waals surface area contributed by atoms with Gasteiger partial charge in [-0.25, -0.2) is 0 Å². The quantitative estimate of drug-likeness (QED) is 0.556. The van der Waals surface area contributed by atoms with Crippen molar-refractivity contribution in [2.45, 2.75) is 12.3 Å². The number of aromatic nitrogens is 1. The van der Waals surface area contributed by atoms with E-state index >= 15 is 0 Å². The van der Waals surface area contributed by atoms with E-state index in [2.05, 4.69) is 16.4 Å². The summed E-state index contributed by atoms with van der Waals surface area (Å²) in [5.41, 5.74) is 2.99. The van der Waals surface area contributed by atoms with Crippen LogP contribution in [-0.2, 0) is 9.53 Å². The Bertz CT molecular complexity index is 935. The number of nitrogens with one attached hydrogen (secondary N) is 2. The Labute approximate surface area is 164 Å². The summed E-state index contributed by atoms with van der Waals surface area (Å²) in [6.07, 6.45) is 2.26. The summed E-state index contributed by atoms with van der Waals surface area (Å²) in [4.78, 5) is 15.9. The number of H-pyrrole nitrogens is 1. The van der Waals surface area contributed by atoms with Crippen LogP contribution >= 0.6 is 0 Å². The average Bonchev–Trinajstić information content (AvgIpc) is 3.15. The van der Waals surface area contributed by atoms with E-state index < -0.39 is 0 Å². The molecule has 0 aliphatic heterocycles. The Morgan fingerprint density at radius 1 is 1.04 bits per heavy atom. The first-order valence-corrected chi connectivity index (χ1v) is 9.22. The van der Waals surface area contributed by atoms with Crippen LogP contribution in [-0.4, -0.2) is 45.4 Å². The highest BCUT2D eigenvalue weighted by molar-refractivity contribution is 5.86. The van der Waals surface area contributed by atoms with Crippen LogP contribution < -0.4 is 14.8 Å². The molecule has 148 valence electrons. The standard InChI is InChI=1S/C22H26N2O4/c1-26-12-11-23-21(25)13-17(16-8-6-10-20(27-2)22(16)28-3)18-14-24-19-9-5-4-7-15(18)19/h4-10,14,17,24H,11-13H2,1-3H3,(H,23,25). The van der Waals surface area contributed by atoms with Gasteiger partial charge >= 0.3 is 0 Å². The normalized spacial score (nSPS) is 12.0. The molecule has 0 aliphatic carbocycles. The molecule has 2 N–H and O–H groups in total. The Balaban J connectivity index is 2.04. The highest BCUT2D eigenvalue weighted by atomic mass is 16.5. The topological polar surface area (TPSA) is 72.6 Å². The smallest absolute Gasteiger partial charge is 0.221 e. The van der Waals surface area contributed by atoms with Gasteiger partial charge in [0.15, 0.2) is 11.5 Å². The second-order valence-corrected chi connectivity index (χ2v) is 6.47. The Morgan fingerprint density at radius 3 is 2.61 bits per heavy atom. The van der Waals surface area contributed by atoms with Crippen LogP contribution in [0.25, 0.3) is 10.9 Å². The van der Waals surface area contributed by atoms with Crippen LogP contribution in [0.4, 0.5) is 0 Å². The summed E-state index contributed by atoms with van der Waals surface area (Å²) in [5.74, 6) is 1.05. The number of carbonyl (C=O) groups is 1. The summed E-state index contributed by atoms with van der Waals surface area (Å²) in [6.45, 7) is 0.956. The van der Waals surface area contributed by atoms with Crippen LogP contribution in [0.3, 0.4) is 0 Å². The third kappa shape index (κ3) is 4.12. The minimum atomic E-state index is -0.191. The summed E-state index contributed by atoms with van der Waals surface area (Å²) >= 11 is 0. The number of benzene rings is 2. The molecule has 0 fully saturated rings. The molecule has 1 atom stereocenters. The molecular weight excluding hydrogens is 356 g/mol. The highest BCUT2D eigenvalue weighted by Crippen LogP contribution is 2.41. The minimum Gasteiger partial charge on any atom is -0.493 e. The van der Waals surface area contributed by atoms with Crippen molar-refractivity contribution in [3.05, 3.63) is 59.8 Å². The van der Waals surface area contributed by atoms with Crippen LogP contribution in [0.5, 0.6) is 11.5 Å². The van der Waals surface area contributed by atoms with E-state index in [-0.39, 0.29) is 18.2 Å². The zero-order valence-electron chi connectivity index (χ0n) is 16.5. The number of rotatable bonds is 9. The van der Waals surface area contributed by atoms with Gasteiger partial charge in [-0.15, -0.1) is 0 Å². The van der Waals surface area contributed by atoms with Crippen molar-refractivity contribution in [2.75, 3.05) is 34.5 Å². The number of fused-ring (bicyclic) bond motifs is 1. The van der Waals surface area contributed by atoms with Crippen LogP contribution in [0.1, 0.15) is 23.5 Å². The van der Waals surface area contributed by atoms with E-state index in [1.807, 2.05) is 42.6 Å². The van der Waals surface area contributed by atoms with Crippen molar-refractivity contribution in [3.8, 4) is 11.5 Å². The van der Waals surface area contributed by atoms with Gasteiger partial charge in [0.25, 0.3) is 0 Å². The molecule has 0 saturated heterocycles. The van der Waals surface area contributed by atoms with E-state index in [0.717, 1.165) is 22.0 Å². The van der Waals surface area contributed by atoms with Crippen molar-refractivity contribution in [1.82, 2.24) is 10.3 Å². The molecular formula is C22H26N2O4.